The highest BCUT2D eigenvalue weighted by Crippen LogP contribution is 2.37. The summed E-state index contributed by atoms with van der Waals surface area (Å²) in [4.78, 5) is 32.3. The minimum Gasteiger partial charge on any atom is -0.425 e. The van der Waals surface area contributed by atoms with Gasteiger partial charge in [-0.05, 0) is 61.8 Å². The number of carbonyl (C=O) groups excluding carboxylic acids is 2. The molecular weight excluding hydrogens is 501 g/mol. The minimum absolute atomic E-state index is 0.0859. The van der Waals surface area contributed by atoms with Crippen molar-refractivity contribution in [1.29, 1.82) is 0 Å². The molecule has 2 aromatic rings. The molecule has 206 valence electrons. The first-order valence-corrected chi connectivity index (χ1v) is 12.7. The van der Waals surface area contributed by atoms with Gasteiger partial charge < -0.3 is 30.3 Å². The lowest BCUT2D eigenvalue weighted by Crippen LogP contribution is -2.40. The average Bonchev–Trinajstić information content (AvgIpc) is 3.09. The molecule has 3 N–H and O–H groups in total. The van der Waals surface area contributed by atoms with E-state index in [-0.39, 0.29) is 28.7 Å². The van der Waals surface area contributed by atoms with Crippen molar-refractivity contribution in [3.8, 4) is 11.5 Å². The Balaban J connectivity index is 1.38. The maximum absolute atomic E-state index is 13.3. The summed E-state index contributed by atoms with van der Waals surface area (Å²) in [5.74, 6) is -0.0564. The van der Waals surface area contributed by atoms with Gasteiger partial charge in [0.15, 0.2) is 11.5 Å². The molecule has 1 aliphatic heterocycles. The Bertz CT molecular complexity index is 1320. The summed E-state index contributed by atoms with van der Waals surface area (Å²) in [6.45, 7) is 4.08. The summed E-state index contributed by atoms with van der Waals surface area (Å²) in [6, 6.07) is 8.24. The molecule has 0 fully saturated rings. The van der Waals surface area contributed by atoms with E-state index in [0.717, 1.165) is 12.1 Å². The number of allylic oxidation sites excluding steroid dienone is 4. The summed E-state index contributed by atoms with van der Waals surface area (Å²) in [5, 5.41) is 9.12. The lowest BCUT2D eigenvalue weighted by molar-refractivity contribution is -0.112. The standard InChI is InChI=1S/C29H34FN5O4/c1-29(2,18-35(3)4)17-33-27(37)23-14-19(12-13-31-23)16-32-22-9-7-5-6-8-21(22)26(36)34-20-10-11-24-25(15-20)39-28(30)38-24/h5,7-15,28,32H,6,16-18H2,1-4H3,(H,33,37)(H,34,36). The molecule has 1 unspecified atom stereocenters. The molecule has 2 amide bonds. The van der Waals surface area contributed by atoms with Crippen molar-refractivity contribution in [3.63, 3.8) is 0 Å². The first kappa shape index (κ1) is 27.8. The lowest BCUT2D eigenvalue weighted by Gasteiger charge is -2.28. The molecule has 2 heterocycles. The molecule has 0 radical (unpaired) electrons. The highest BCUT2D eigenvalue weighted by molar-refractivity contribution is 6.07. The number of ether oxygens (including phenoxy) is 2. The average molecular weight is 536 g/mol. The second-order valence-electron chi connectivity index (χ2n) is 10.5. The van der Waals surface area contributed by atoms with Gasteiger partial charge in [-0.2, -0.15) is 4.39 Å². The summed E-state index contributed by atoms with van der Waals surface area (Å²) < 4.78 is 23.2. The molecule has 1 aliphatic carbocycles. The van der Waals surface area contributed by atoms with Crippen molar-refractivity contribution in [2.45, 2.75) is 33.4 Å². The topological polar surface area (TPSA) is 105 Å². The zero-order valence-corrected chi connectivity index (χ0v) is 22.6. The summed E-state index contributed by atoms with van der Waals surface area (Å²) in [6.07, 6.45) is 9.65. The number of alkyl halides is 1. The van der Waals surface area contributed by atoms with Gasteiger partial charge in [0.1, 0.15) is 5.69 Å². The Labute approximate surface area is 227 Å². The van der Waals surface area contributed by atoms with Crippen molar-refractivity contribution >= 4 is 17.5 Å². The summed E-state index contributed by atoms with van der Waals surface area (Å²) in [7, 11) is 4.01. The van der Waals surface area contributed by atoms with Gasteiger partial charge in [-0.1, -0.05) is 32.1 Å². The fourth-order valence-electron chi connectivity index (χ4n) is 4.42. The van der Waals surface area contributed by atoms with E-state index in [2.05, 4.69) is 39.7 Å². The second-order valence-corrected chi connectivity index (χ2v) is 10.5. The maximum Gasteiger partial charge on any atom is 0.397 e. The lowest BCUT2D eigenvalue weighted by atomic mass is 9.93. The highest BCUT2D eigenvalue weighted by atomic mass is 19.2. The molecule has 0 saturated heterocycles. The van der Waals surface area contributed by atoms with Crippen molar-refractivity contribution in [3.05, 3.63) is 83.4 Å². The smallest absolute Gasteiger partial charge is 0.397 e. The van der Waals surface area contributed by atoms with Crippen LogP contribution in [-0.4, -0.2) is 55.4 Å². The van der Waals surface area contributed by atoms with E-state index in [0.29, 0.717) is 42.2 Å². The first-order chi connectivity index (χ1) is 18.6. The molecule has 2 aliphatic rings. The first-order valence-electron chi connectivity index (χ1n) is 12.7. The third-order valence-corrected chi connectivity index (χ3v) is 6.04. The van der Waals surface area contributed by atoms with Crippen LogP contribution in [0.5, 0.6) is 11.5 Å². The van der Waals surface area contributed by atoms with Crippen molar-refractivity contribution < 1.29 is 23.5 Å². The van der Waals surface area contributed by atoms with Crippen LogP contribution in [0.4, 0.5) is 10.1 Å². The number of carbonyl (C=O) groups is 2. The fourth-order valence-corrected chi connectivity index (χ4v) is 4.42. The van der Waals surface area contributed by atoms with E-state index < -0.39 is 6.54 Å². The third kappa shape index (κ3) is 7.67. The number of nitrogens with zero attached hydrogens (tertiary/aromatic N) is 2. The van der Waals surface area contributed by atoms with E-state index in [4.69, 9.17) is 9.47 Å². The molecule has 1 aromatic carbocycles. The number of halogens is 1. The number of pyridine rings is 1. The number of rotatable bonds is 10. The fraction of sp³-hybridized carbons (Fsp3) is 0.345. The Morgan fingerprint density at radius 2 is 1.92 bits per heavy atom. The monoisotopic (exact) mass is 535 g/mol. The minimum atomic E-state index is -1.85. The van der Waals surface area contributed by atoms with Crippen LogP contribution in [0.3, 0.4) is 0 Å². The highest BCUT2D eigenvalue weighted by Gasteiger charge is 2.24. The molecule has 4 rings (SSSR count). The molecule has 0 saturated carbocycles. The van der Waals surface area contributed by atoms with Gasteiger partial charge in [-0.15, -0.1) is 0 Å². The number of benzene rings is 1. The molecule has 39 heavy (non-hydrogen) atoms. The number of nitrogens with one attached hydrogen (secondary N) is 3. The molecule has 9 nitrogen and oxygen atoms in total. The zero-order chi connectivity index (χ0) is 28.0. The largest absolute Gasteiger partial charge is 0.425 e. The molecule has 10 heteroatoms. The normalized spacial score (nSPS) is 16.3. The molecule has 1 atom stereocenters. The predicted molar refractivity (Wildman–Crippen MR) is 147 cm³/mol. The number of anilines is 1. The van der Waals surface area contributed by atoms with Crippen molar-refractivity contribution in [2.75, 3.05) is 32.5 Å². The molecule has 0 bridgehead atoms. The number of hydrogen-bond acceptors (Lipinski definition) is 7. The van der Waals surface area contributed by atoms with E-state index in [1.54, 1.807) is 24.4 Å². The summed E-state index contributed by atoms with van der Waals surface area (Å²) in [5.41, 5.74) is 2.62. The van der Waals surface area contributed by atoms with Gasteiger partial charge in [0, 0.05) is 43.3 Å². The van der Waals surface area contributed by atoms with Crippen molar-refractivity contribution in [1.82, 2.24) is 20.5 Å². The van der Waals surface area contributed by atoms with Crippen LogP contribution in [0.15, 0.2) is 72.1 Å². The van der Waals surface area contributed by atoms with Gasteiger partial charge >= 0.3 is 6.54 Å². The van der Waals surface area contributed by atoms with E-state index in [1.165, 1.54) is 6.07 Å². The zero-order valence-electron chi connectivity index (χ0n) is 22.6. The molecule has 1 aromatic heterocycles. The van der Waals surface area contributed by atoms with Crippen LogP contribution in [-0.2, 0) is 11.3 Å². The van der Waals surface area contributed by atoms with Crippen LogP contribution < -0.4 is 25.4 Å². The van der Waals surface area contributed by atoms with Crippen LogP contribution in [0, 0.1) is 5.41 Å². The number of amides is 2. The van der Waals surface area contributed by atoms with Gasteiger partial charge in [0.2, 0.25) is 0 Å². The van der Waals surface area contributed by atoms with E-state index >= 15 is 0 Å². The number of fused-ring (bicyclic) bond motifs is 1. The second kappa shape index (κ2) is 12.1. The SMILES string of the molecule is CN(C)CC(C)(C)CNC(=O)c1cc(CNC2=CC=CCC=C2C(=O)Nc2ccc3c(c2)OC(F)O3)ccn1. The van der Waals surface area contributed by atoms with Crippen LogP contribution in [0.25, 0.3) is 0 Å². The number of hydrogen-bond donors (Lipinski definition) is 3. The quantitative estimate of drug-likeness (QED) is 0.424. The van der Waals surface area contributed by atoms with Crippen LogP contribution in [0.1, 0.15) is 36.3 Å². The van der Waals surface area contributed by atoms with E-state index in [1.807, 2.05) is 44.5 Å². The van der Waals surface area contributed by atoms with Gasteiger partial charge in [0.05, 0.1) is 5.57 Å². The van der Waals surface area contributed by atoms with Gasteiger partial charge in [-0.3, -0.25) is 14.6 Å². The third-order valence-electron chi connectivity index (χ3n) is 6.04. The van der Waals surface area contributed by atoms with Crippen molar-refractivity contribution in [2.24, 2.45) is 5.41 Å². The molecule has 0 spiro atoms. The summed E-state index contributed by atoms with van der Waals surface area (Å²) >= 11 is 0. The Kier molecular flexibility index (Phi) is 8.65. The predicted octanol–water partition coefficient (Wildman–Crippen LogP) is 3.92. The van der Waals surface area contributed by atoms with Crippen LogP contribution >= 0.6 is 0 Å². The van der Waals surface area contributed by atoms with Gasteiger partial charge in [-0.25, -0.2) is 0 Å². The van der Waals surface area contributed by atoms with Crippen LogP contribution in [0.2, 0.25) is 0 Å². The molecular formula is C29H34FN5O4. The van der Waals surface area contributed by atoms with Gasteiger partial charge in [0.25, 0.3) is 11.8 Å². The van der Waals surface area contributed by atoms with E-state index in [9.17, 15) is 14.0 Å². The maximum atomic E-state index is 13.3. The Hall–Kier alpha value is -4.18. The Morgan fingerprint density at radius 3 is 2.72 bits per heavy atom. The Morgan fingerprint density at radius 1 is 1.13 bits per heavy atom. The number of aromatic nitrogens is 1.